The average molecular weight is 227 g/mol. The number of halogens is 1. The Balaban J connectivity index is 2.68. The van der Waals surface area contributed by atoms with E-state index in [4.69, 9.17) is 23.1 Å². The number of anilines is 2. The minimum Gasteiger partial charge on any atom is -0.399 e. The lowest BCUT2D eigenvalue weighted by Gasteiger charge is -2.05. The normalized spacial score (nSPS) is 10.2. The van der Waals surface area contributed by atoms with Crippen molar-refractivity contribution >= 4 is 28.8 Å². The van der Waals surface area contributed by atoms with Gasteiger partial charge in [-0.15, -0.1) is 11.6 Å². The van der Waals surface area contributed by atoms with Gasteiger partial charge in [0.05, 0.1) is 0 Å². The molecule has 0 spiro atoms. The van der Waals surface area contributed by atoms with Gasteiger partial charge in [0.15, 0.2) is 5.78 Å². The van der Waals surface area contributed by atoms with Crippen LogP contribution in [0.4, 0.5) is 11.4 Å². The Kier molecular flexibility index (Phi) is 4.43. The molecule has 0 bridgehead atoms. The number of hydrogen-bond donors (Lipinski definition) is 2. The van der Waals surface area contributed by atoms with E-state index in [1.54, 1.807) is 18.2 Å². The maximum Gasteiger partial charge on any atom is 0.165 e. The van der Waals surface area contributed by atoms with Crippen LogP contribution in [0.1, 0.15) is 29.6 Å². The highest BCUT2D eigenvalue weighted by Gasteiger charge is 2.09. The molecule has 4 heteroatoms. The summed E-state index contributed by atoms with van der Waals surface area (Å²) < 4.78 is 0. The molecule has 0 heterocycles. The molecule has 0 fully saturated rings. The SMILES string of the molecule is Nc1ccc(N)c(C(=O)CCCCCl)c1. The van der Waals surface area contributed by atoms with Crippen LogP contribution >= 0.6 is 11.6 Å². The lowest BCUT2D eigenvalue weighted by molar-refractivity contribution is 0.0981. The third-order valence-corrected chi connectivity index (χ3v) is 2.43. The quantitative estimate of drug-likeness (QED) is 0.351. The van der Waals surface area contributed by atoms with Crippen molar-refractivity contribution in [2.24, 2.45) is 0 Å². The standard InChI is InChI=1S/C11H15ClN2O/c12-6-2-1-3-11(15)9-7-8(13)4-5-10(9)14/h4-5,7H,1-3,6,13-14H2. The van der Waals surface area contributed by atoms with Gasteiger partial charge < -0.3 is 11.5 Å². The summed E-state index contributed by atoms with van der Waals surface area (Å²) in [7, 11) is 0. The van der Waals surface area contributed by atoms with Gasteiger partial charge >= 0.3 is 0 Å². The summed E-state index contributed by atoms with van der Waals surface area (Å²) in [6, 6.07) is 4.97. The summed E-state index contributed by atoms with van der Waals surface area (Å²) in [5, 5.41) is 0. The molecule has 3 nitrogen and oxygen atoms in total. The van der Waals surface area contributed by atoms with Crippen LogP contribution in [0.15, 0.2) is 18.2 Å². The highest BCUT2D eigenvalue weighted by molar-refractivity contribution is 6.17. The number of alkyl halides is 1. The predicted molar refractivity (Wildman–Crippen MR) is 64.2 cm³/mol. The highest BCUT2D eigenvalue weighted by Crippen LogP contribution is 2.18. The Labute approximate surface area is 94.4 Å². The summed E-state index contributed by atoms with van der Waals surface area (Å²) in [6.45, 7) is 0. The number of hydrogen-bond acceptors (Lipinski definition) is 3. The maximum atomic E-state index is 11.7. The molecule has 15 heavy (non-hydrogen) atoms. The number of nitrogens with two attached hydrogens (primary N) is 2. The Hall–Kier alpha value is -1.22. The second-order valence-electron chi connectivity index (χ2n) is 3.42. The van der Waals surface area contributed by atoms with Gasteiger partial charge in [0.25, 0.3) is 0 Å². The molecular formula is C11H15ClN2O. The summed E-state index contributed by atoms with van der Waals surface area (Å²) >= 11 is 5.53. The zero-order valence-electron chi connectivity index (χ0n) is 8.50. The smallest absolute Gasteiger partial charge is 0.165 e. The van der Waals surface area contributed by atoms with E-state index in [1.807, 2.05) is 0 Å². The lowest BCUT2D eigenvalue weighted by atomic mass is 10.0. The number of carbonyl (C=O) groups excluding carboxylic acids is 1. The first-order chi connectivity index (χ1) is 7.15. The van der Waals surface area contributed by atoms with Crippen molar-refractivity contribution in [3.8, 4) is 0 Å². The molecule has 0 amide bonds. The summed E-state index contributed by atoms with van der Waals surface area (Å²) in [6.07, 6.45) is 2.10. The Bertz CT molecular complexity index is 352. The monoisotopic (exact) mass is 226 g/mol. The third-order valence-electron chi connectivity index (χ3n) is 2.17. The molecule has 0 saturated carbocycles. The van der Waals surface area contributed by atoms with E-state index >= 15 is 0 Å². The second kappa shape index (κ2) is 5.61. The van der Waals surface area contributed by atoms with Crippen molar-refractivity contribution in [2.45, 2.75) is 19.3 Å². The van der Waals surface area contributed by atoms with Gasteiger partial charge in [0.1, 0.15) is 0 Å². The van der Waals surface area contributed by atoms with Gasteiger partial charge in [0, 0.05) is 29.2 Å². The topological polar surface area (TPSA) is 69.1 Å². The number of rotatable bonds is 5. The van der Waals surface area contributed by atoms with Gasteiger partial charge in [-0.05, 0) is 31.0 Å². The number of Topliss-reactive ketones (excluding diaryl/α,β-unsaturated/α-hetero) is 1. The van der Waals surface area contributed by atoms with Crippen LogP contribution in [0, 0.1) is 0 Å². The van der Waals surface area contributed by atoms with Crippen molar-refractivity contribution < 1.29 is 4.79 Å². The van der Waals surface area contributed by atoms with E-state index in [0.29, 0.717) is 29.2 Å². The van der Waals surface area contributed by atoms with E-state index in [9.17, 15) is 4.79 Å². The van der Waals surface area contributed by atoms with Gasteiger partial charge in [-0.3, -0.25) is 4.79 Å². The number of ketones is 1. The van der Waals surface area contributed by atoms with Crippen LogP contribution in [0.2, 0.25) is 0 Å². The van der Waals surface area contributed by atoms with E-state index in [2.05, 4.69) is 0 Å². The molecule has 82 valence electrons. The lowest BCUT2D eigenvalue weighted by Crippen LogP contribution is -2.04. The van der Waals surface area contributed by atoms with Crippen LogP contribution in [-0.2, 0) is 0 Å². The molecule has 0 radical (unpaired) electrons. The molecule has 0 aliphatic rings. The van der Waals surface area contributed by atoms with Gasteiger partial charge in [-0.25, -0.2) is 0 Å². The molecule has 1 aromatic carbocycles. The highest BCUT2D eigenvalue weighted by atomic mass is 35.5. The zero-order chi connectivity index (χ0) is 11.3. The number of benzene rings is 1. The summed E-state index contributed by atoms with van der Waals surface area (Å²) in [4.78, 5) is 11.7. The molecule has 0 atom stereocenters. The molecule has 1 rings (SSSR count). The molecular weight excluding hydrogens is 212 g/mol. The molecule has 0 aliphatic carbocycles. The third kappa shape index (κ3) is 3.44. The van der Waals surface area contributed by atoms with Crippen LogP contribution in [-0.4, -0.2) is 11.7 Å². The summed E-state index contributed by atoms with van der Waals surface area (Å²) in [5.74, 6) is 0.615. The van der Waals surface area contributed by atoms with Crippen molar-refractivity contribution in [2.75, 3.05) is 17.3 Å². The minimum atomic E-state index is 0.0323. The Morgan fingerprint density at radius 3 is 2.67 bits per heavy atom. The van der Waals surface area contributed by atoms with Crippen LogP contribution in [0.5, 0.6) is 0 Å². The Morgan fingerprint density at radius 2 is 2.00 bits per heavy atom. The van der Waals surface area contributed by atoms with Crippen molar-refractivity contribution in [1.82, 2.24) is 0 Å². The first kappa shape index (κ1) is 11.9. The molecule has 1 aromatic rings. The minimum absolute atomic E-state index is 0.0323. The fourth-order valence-corrected chi connectivity index (χ4v) is 1.52. The zero-order valence-corrected chi connectivity index (χ0v) is 9.26. The van der Waals surface area contributed by atoms with Crippen molar-refractivity contribution in [1.29, 1.82) is 0 Å². The van der Waals surface area contributed by atoms with E-state index in [1.165, 1.54) is 0 Å². The fourth-order valence-electron chi connectivity index (χ4n) is 1.33. The van der Waals surface area contributed by atoms with Crippen LogP contribution in [0.3, 0.4) is 0 Å². The maximum absolute atomic E-state index is 11.7. The average Bonchev–Trinajstić information content (AvgIpc) is 2.22. The van der Waals surface area contributed by atoms with Gasteiger partial charge in [-0.1, -0.05) is 0 Å². The largest absolute Gasteiger partial charge is 0.399 e. The molecule has 0 unspecified atom stereocenters. The van der Waals surface area contributed by atoms with Crippen molar-refractivity contribution in [3.05, 3.63) is 23.8 Å². The van der Waals surface area contributed by atoms with Crippen molar-refractivity contribution in [3.63, 3.8) is 0 Å². The second-order valence-corrected chi connectivity index (χ2v) is 3.79. The van der Waals surface area contributed by atoms with E-state index in [-0.39, 0.29) is 5.78 Å². The summed E-state index contributed by atoms with van der Waals surface area (Å²) in [5.41, 5.74) is 12.8. The first-order valence-electron chi connectivity index (χ1n) is 4.89. The van der Waals surface area contributed by atoms with E-state index < -0.39 is 0 Å². The van der Waals surface area contributed by atoms with Gasteiger partial charge in [0.2, 0.25) is 0 Å². The molecule has 0 saturated heterocycles. The Morgan fingerprint density at radius 1 is 1.27 bits per heavy atom. The number of carbonyl (C=O) groups is 1. The van der Waals surface area contributed by atoms with Gasteiger partial charge in [-0.2, -0.15) is 0 Å². The number of unbranched alkanes of at least 4 members (excludes halogenated alkanes) is 1. The predicted octanol–water partition coefficient (Wildman–Crippen LogP) is 2.44. The fraction of sp³-hybridized carbons (Fsp3) is 0.364. The molecule has 0 aromatic heterocycles. The number of nitrogen functional groups attached to an aromatic ring is 2. The van der Waals surface area contributed by atoms with Crippen LogP contribution < -0.4 is 11.5 Å². The van der Waals surface area contributed by atoms with E-state index in [0.717, 1.165) is 12.8 Å². The first-order valence-corrected chi connectivity index (χ1v) is 5.42. The molecule has 4 N–H and O–H groups in total. The molecule has 0 aliphatic heterocycles. The van der Waals surface area contributed by atoms with Crippen LogP contribution in [0.25, 0.3) is 0 Å².